The molecule has 0 aliphatic rings. The molecule has 24 heavy (non-hydrogen) atoms. The summed E-state index contributed by atoms with van der Waals surface area (Å²) in [4.78, 5) is 3.92. The zero-order chi connectivity index (χ0) is 17.6. The van der Waals surface area contributed by atoms with Crippen LogP contribution < -0.4 is 14.2 Å². The first-order valence-electron chi connectivity index (χ1n) is 6.99. The van der Waals surface area contributed by atoms with Crippen molar-refractivity contribution < 1.29 is 27.4 Å². The van der Waals surface area contributed by atoms with E-state index in [1.54, 1.807) is 25.4 Å². The number of hydrogen-bond acceptors (Lipinski definition) is 4. The van der Waals surface area contributed by atoms with Gasteiger partial charge < -0.3 is 14.2 Å². The number of rotatable bonds is 6. The van der Waals surface area contributed by atoms with Crippen LogP contribution in [0.25, 0.3) is 0 Å². The molecule has 0 aliphatic heterocycles. The van der Waals surface area contributed by atoms with Crippen molar-refractivity contribution in [3.05, 3.63) is 53.6 Å². The summed E-state index contributed by atoms with van der Waals surface area (Å²) in [7, 11) is 3.20. The van der Waals surface area contributed by atoms with Gasteiger partial charge in [-0.1, -0.05) is 12.1 Å². The summed E-state index contributed by atoms with van der Waals surface area (Å²) in [5, 5.41) is 0. The highest BCUT2D eigenvalue weighted by Crippen LogP contribution is 2.29. The van der Waals surface area contributed by atoms with Crippen LogP contribution in [0.4, 0.5) is 13.2 Å². The standard InChI is InChI=1S/C17H16F3NO3/c1-21-10-13-5-8-15(16(9-13)22-2)23-11-12-3-6-14(7-4-12)24-17(18,19)20/h3-10H,11H2,1-2H3. The molecule has 0 heterocycles. The van der Waals surface area contributed by atoms with E-state index in [4.69, 9.17) is 9.47 Å². The Hall–Kier alpha value is -2.70. The zero-order valence-electron chi connectivity index (χ0n) is 13.1. The van der Waals surface area contributed by atoms with E-state index < -0.39 is 6.36 Å². The molecule has 0 aromatic heterocycles. The predicted molar refractivity (Wildman–Crippen MR) is 84.0 cm³/mol. The maximum atomic E-state index is 12.1. The highest BCUT2D eigenvalue weighted by atomic mass is 19.4. The Labute approximate surface area is 137 Å². The van der Waals surface area contributed by atoms with Crippen LogP contribution in [0.5, 0.6) is 17.2 Å². The van der Waals surface area contributed by atoms with Crippen LogP contribution >= 0.6 is 0 Å². The third-order valence-electron chi connectivity index (χ3n) is 3.02. The topological polar surface area (TPSA) is 40.0 Å². The molecule has 7 heteroatoms. The second kappa shape index (κ2) is 7.72. The summed E-state index contributed by atoms with van der Waals surface area (Å²) in [5.74, 6) is 0.804. The molecule has 0 saturated carbocycles. The molecule has 0 unspecified atom stereocenters. The first kappa shape index (κ1) is 17.7. The van der Waals surface area contributed by atoms with E-state index in [0.29, 0.717) is 17.1 Å². The van der Waals surface area contributed by atoms with Gasteiger partial charge in [0.15, 0.2) is 11.5 Å². The van der Waals surface area contributed by atoms with Crippen molar-refractivity contribution in [2.24, 2.45) is 4.99 Å². The van der Waals surface area contributed by atoms with Gasteiger partial charge in [-0.2, -0.15) is 0 Å². The molecule has 0 N–H and O–H groups in total. The number of nitrogens with zero attached hydrogens (tertiary/aromatic N) is 1. The van der Waals surface area contributed by atoms with Gasteiger partial charge in [0.2, 0.25) is 0 Å². The summed E-state index contributed by atoms with van der Waals surface area (Å²) in [6, 6.07) is 10.8. The van der Waals surface area contributed by atoms with Crippen molar-refractivity contribution in [3.8, 4) is 17.2 Å². The van der Waals surface area contributed by atoms with E-state index in [0.717, 1.165) is 5.56 Å². The van der Waals surface area contributed by atoms with Crippen molar-refractivity contribution >= 4 is 6.21 Å². The number of alkyl halides is 3. The first-order valence-corrected chi connectivity index (χ1v) is 6.99. The van der Waals surface area contributed by atoms with Crippen LogP contribution in [0.15, 0.2) is 47.5 Å². The van der Waals surface area contributed by atoms with Gasteiger partial charge in [-0.25, -0.2) is 0 Å². The summed E-state index contributed by atoms with van der Waals surface area (Å²) in [6.07, 6.45) is -3.01. The lowest BCUT2D eigenvalue weighted by Gasteiger charge is -2.12. The Bertz CT molecular complexity index is 697. The van der Waals surface area contributed by atoms with Crippen LogP contribution in [-0.2, 0) is 6.61 Å². The Morgan fingerprint density at radius 2 is 1.75 bits per heavy atom. The number of ether oxygens (including phenoxy) is 3. The van der Waals surface area contributed by atoms with E-state index in [1.165, 1.54) is 31.4 Å². The van der Waals surface area contributed by atoms with Crippen LogP contribution in [0.2, 0.25) is 0 Å². The average Bonchev–Trinajstić information content (AvgIpc) is 2.53. The minimum absolute atomic E-state index is 0.184. The normalized spacial score (nSPS) is 11.5. The van der Waals surface area contributed by atoms with E-state index in [9.17, 15) is 13.2 Å². The lowest BCUT2D eigenvalue weighted by molar-refractivity contribution is -0.274. The van der Waals surface area contributed by atoms with Gasteiger partial charge in [0, 0.05) is 13.3 Å². The second-order valence-electron chi connectivity index (χ2n) is 4.78. The van der Waals surface area contributed by atoms with Crippen LogP contribution in [-0.4, -0.2) is 26.7 Å². The molecule has 2 rings (SSSR count). The van der Waals surface area contributed by atoms with Crippen molar-refractivity contribution in [2.45, 2.75) is 13.0 Å². The summed E-state index contributed by atoms with van der Waals surface area (Å²) < 4.78 is 51.1. The number of aliphatic imine (C=N–C) groups is 1. The molecule has 128 valence electrons. The van der Waals surface area contributed by atoms with Crippen molar-refractivity contribution in [3.63, 3.8) is 0 Å². The quantitative estimate of drug-likeness (QED) is 0.740. The van der Waals surface area contributed by atoms with Crippen molar-refractivity contribution in [1.29, 1.82) is 0 Å². The lowest BCUT2D eigenvalue weighted by Crippen LogP contribution is -2.17. The van der Waals surface area contributed by atoms with Crippen LogP contribution in [0.3, 0.4) is 0 Å². The monoisotopic (exact) mass is 339 g/mol. The molecule has 0 saturated heterocycles. The van der Waals surface area contributed by atoms with Crippen LogP contribution in [0, 0.1) is 0 Å². The average molecular weight is 339 g/mol. The molecule has 0 aliphatic carbocycles. The third-order valence-corrected chi connectivity index (χ3v) is 3.02. The van der Waals surface area contributed by atoms with E-state index in [1.807, 2.05) is 6.07 Å². The Morgan fingerprint density at radius 3 is 2.33 bits per heavy atom. The SMILES string of the molecule is CN=Cc1ccc(OCc2ccc(OC(F)(F)F)cc2)c(OC)c1. The van der Waals surface area contributed by atoms with E-state index in [-0.39, 0.29) is 12.4 Å². The van der Waals surface area contributed by atoms with Gasteiger partial charge in [0.1, 0.15) is 12.4 Å². The minimum Gasteiger partial charge on any atom is -0.493 e. The molecule has 2 aromatic carbocycles. The number of methoxy groups -OCH3 is 1. The van der Waals surface area contributed by atoms with Gasteiger partial charge in [0.05, 0.1) is 7.11 Å². The first-order chi connectivity index (χ1) is 11.4. The molecule has 0 fully saturated rings. The zero-order valence-corrected chi connectivity index (χ0v) is 13.1. The summed E-state index contributed by atoms with van der Waals surface area (Å²) in [5.41, 5.74) is 1.57. The molecule has 0 bridgehead atoms. The van der Waals surface area contributed by atoms with Gasteiger partial charge in [-0.15, -0.1) is 13.2 Å². The van der Waals surface area contributed by atoms with Crippen molar-refractivity contribution in [2.75, 3.05) is 14.2 Å². The number of benzene rings is 2. The molecule has 4 nitrogen and oxygen atoms in total. The Balaban J connectivity index is 2.02. The Morgan fingerprint density at radius 1 is 1.04 bits per heavy atom. The highest BCUT2D eigenvalue weighted by molar-refractivity contribution is 5.80. The third kappa shape index (κ3) is 5.19. The summed E-state index contributed by atoms with van der Waals surface area (Å²) >= 11 is 0. The molecular formula is C17H16F3NO3. The van der Waals surface area contributed by atoms with Gasteiger partial charge in [0.25, 0.3) is 0 Å². The molecule has 0 amide bonds. The second-order valence-corrected chi connectivity index (χ2v) is 4.78. The Kier molecular flexibility index (Phi) is 5.68. The smallest absolute Gasteiger partial charge is 0.493 e. The highest BCUT2D eigenvalue weighted by Gasteiger charge is 2.30. The fraction of sp³-hybridized carbons (Fsp3) is 0.235. The maximum absolute atomic E-state index is 12.1. The number of halogens is 3. The van der Waals surface area contributed by atoms with Gasteiger partial charge >= 0.3 is 6.36 Å². The fourth-order valence-corrected chi connectivity index (χ4v) is 1.98. The largest absolute Gasteiger partial charge is 0.573 e. The molecule has 0 spiro atoms. The molecule has 0 radical (unpaired) electrons. The van der Waals surface area contributed by atoms with Crippen molar-refractivity contribution in [1.82, 2.24) is 0 Å². The van der Waals surface area contributed by atoms with Gasteiger partial charge in [-0.05, 0) is 41.5 Å². The minimum atomic E-state index is -4.70. The van der Waals surface area contributed by atoms with Crippen LogP contribution in [0.1, 0.15) is 11.1 Å². The lowest BCUT2D eigenvalue weighted by atomic mass is 10.2. The van der Waals surface area contributed by atoms with E-state index >= 15 is 0 Å². The fourth-order valence-electron chi connectivity index (χ4n) is 1.98. The molecular weight excluding hydrogens is 323 g/mol. The molecule has 2 aromatic rings. The molecule has 0 atom stereocenters. The number of hydrogen-bond donors (Lipinski definition) is 0. The van der Waals surface area contributed by atoms with E-state index in [2.05, 4.69) is 9.73 Å². The van der Waals surface area contributed by atoms with Gasteiger partial charge in [-0.3, -0.25) is 4.99 Å². The summed E-state index contributed by atoms with van der Waals surface area (Å²) in [6.45, 7) is 0.184. The predicted octanol–water partition coefficient (Wildman–Crippen LogP) is 4.22. The maximum Gasteiger partial charge on any atom is 0.573 e.